The summed E-state index contributed by atoms with van der Waals surface area (Å²) in [6.07, 6.45) is 1.70. The Morgan fingerprint density at radius 2 is 2.46 bits per heavy atom. The van der Waals surface area contributed by atoms with E-state index >= 15 is 0 Å². The molecular formula is C8H9N5. The number of hydrogen-bond acceptors (Lipinski definition) is 4. The van der Waals surface area contributed by atoms with Crippen LogP contribution in [0.1, 0.15) is 12.7 Å². The van der Waals surface area contributed by atoms with Gasteiger partial charge < -0.3 is 10.8 Å². The van der Waals surface area contributed by atoms with Gasteiger partial charge in [-0.15, -0.1) is 0 Å². The fourth-order valence-corrected chi connectivity index (χ4v) is 1.08. The van der Waals surface area contributed by atoms with E-state index < -0.39 is 0 Å². The van der Waals surface area contributed by atoms with Crippen LogP contribution in [0.15, 0.2) is 23.4 Å². The quantitative estimate of drug-likeness (QED) is 0.379. The van der Waals surface area contributed by atoms with Crippen molar-refractivity contribution >= 4 is 16.9 Å². The highest BCUT2D eigenvalue weighted by Crippen LogP contribution is 2.07. The maximum Gasteiger partial charge on any atom is 0.178 e. The first-order valence-corrected chi connectivity index (χ1v) is 3.87. The van der Waals surface area contributed by atoms with E-state index in [1.165, 1.54) is 0 Å². The van der Waals surface area contributed by atoms with Gasteiger partial charge in [-0.25, -0.2) is 9.97 Å². The van der Waals surface area contributed by atoms with Gasteiger partial charge in [0.25, 0.3) is 0 Å². The molecule has 0 fully saturated rings. The molecule has 0 radical (unpaired) electrons. The second-order valence-corrected chi connectivity index (χ2v) is 2.67. The van der Waals surface area contributed by atoms with Crippen LogP contribution in [0.2, 0.25) is 0 Å². The lowest BCUT2D eigenvalue weighted by atomic mass is 10.4. The van der Waals surface area contributed by atoms with Crippen molar-refractivity contribution in [3.8, 4) is 0 Å². The lowest BCUT2D eigenvalue weighted by molar-refractivity contribution is 1.19. The minimum atomic E-state index is 0.663. The molecule has 0 aliphatic heterocycles. The highest BCUT2D eigenvalue weighted by molar-refractivity contribution is 5.97. The number of hydrazone groups is 1. The van der Waals surface area contributed by atoms with E-state index in [0.29, 0.717) is 17.2 Å². The normalized spacial score (nSPS) is 12.2. The van der Waals surface area contributed by atoms with E-state index in [0.717, 1.165) is 5.52 Å². The third kappa shape index (κ3) is 1.24. The molecular weight excluding hydrogens is 166 g/mol. The number of nitrogens with two attached hydrogens (primary N) is 1. The molecule has 0 bridgehead atoms. The minimum Gasteiger partial charge on any atom is -0.336 e. The number of H-pyrrole nitrogens is 1. The van der Waals surface area contributed by atoms with Crippen LogP contribution in [0.3, 0.4) is 0 Å². The van der Waals surface area contributed by atoms with Crippen LogP contribution >= 0.6 is 0 Å². The van der Waals surface area contributed by atoms with Gasteiger partial charge in [-0.05, 0) is 19.1 Å². The van der Waals surface area contributed by atoms with Crippen molar-refractivity contribution in [2.75, 3.05) is 0 Å². The van der Waals surface area contributed by atoms with Gasteiger partial charge in [-0.2, -0.15) is 5.10 Å². The molecule has 5 heteroatoms. The summed E-state index contributed by atoms with van der Waals surface area (Å²) in [4.78, 5) is 11.3. The fraction of sp³-hybridized carbons (Fsp3) is 0.125. The second-order valence-electron chi connectivity index (χ2n) is 2.67. The third-order valence-corrected chi connectivity index (χ3v) is 1.79. The van der Waals surface area contributed by atoms with E-state index in [1.807, 2.05) is 12.1 Å². The van der Waals surface area contributed by atoms with Gasteiger partial charge in [-0.3, -0.25) is 0 Å². The minimum absolute atomic E-state index is 0.663. The van der Waals surface area contributed by atoms with Crippen molar-refractivity contribution in [1.82, 2.24) is 15.0 Å². The third-order valence-electron chi connectivity index (χ3n) is 1.79. The molecule has 0 saturated heterocycles. The van der Waals surface area contributed by atoms with Crippen LogP contribution in [0.25, 0.3) is 11.2 Å². The maximum absolute atomic E-state index is 5.13. The number of pyridine rings is 1. The zero-order chi connectivity index (χ0) is 9.26. The van der Waals surface area contributed by atoms with Gasteiger partial charge in [-0.1, -0.05) is 0 Å². The summed E-state index contributed by atoms with van der Waals surface area (Å²) in [6, 6.07) is 3.75. The summed E-state index contributed by atoms with van der Waals surface area (Å²) in [6.45, 7) is 1.79. The van der Waals surface area contributed by atoms with Gasteiger partial charge in [0.2, 0.25) is 0 Å². The number of imidazole rings is 1. The first kappa shape index (κ1) is 7.72. The van der Waals surface area contributed by atoms with Crippen molar-refractivity contribution in [2.24, 2.45) is 10.9 Å². The molecule has 0 saturated carbocycles. The molecule has 2 rings (SSSR count). The predicted molar refractivity (Wildman–Crippen MR) is 50.3 cm³/mol. The topological polar surface area (TPSA) is 79.9 Å². The van der Waals surface area contributed by atoms with Crippen LogP contribution in [0, 0.1) is 0 Å². The van der Waals surface area contributed by atoms with Crippen LogP contribution in [0.4, 0.5) is 0 Å². The van der Waals surface area contributed by atoms with Gasteiger partial charge in [0, 0.05) is 6.20 Å². The number of hydrogen-bond donors (Lipinski definition) is 2. The summed E-state index contributed by atoms with van der Waals surface area (Å²) in [5.74, 6) is 5.80. The molecule has 66 valence electrons. The van der Waals surface area contributed by atoms with Crippen LogP contribution in [-0.4, -0.2) is 20.7 Å². The lowest BCUT2D eigenvalue weighted by Gasteiger charge is -1.88. The number of nitrogens with zero attached hydrogens (tertiary/aromatic N) is 3. The average molecular weight is 175 g/mol. The lowest BCUT2D eigenvalue weighted by Crippen LogP contribution is -2.00. The molecule has 0 spiro atoms. The Kier molecular flexibility index (Phi) is 1.70. The summed E-state index contributed by atoms with van der Waals surface area (Å²) in [5.41, 5.74) is 2.24. The Morgan fingerprint density at radius 1 is 1.62 bits per heavy atom. The molecule has 3 N–H and O–H groups in total. The molecule has 2 aromatic rings. The molecule has 0 aliphatic rings. The molecule has 0 amide bonds. The number of nitrogens with one attached hydrogen (secondary N) is 1. The van der Waals surface area contributed by atoms with Crippen molar-refractivity contribution in [3.63, 3.8) is 0 Å². The molecule has 0 aromatic carbocycles. The predicted octanol–water partition coefficient (Wildman–Crippen LogP) is 0.641. The molecule has 0 atom stereocenters. The highest BCUT2D eigenvalue weighted by atomic mass is 15.1. The molecule has 0 aliphatic carbocycles. The SMILES string of the molecule is CC(=NN)c1nc2ncccc2[nH]1. The standard InChI is InChI=1S/C8H9N5/c1-5(13-9)7-11-6-3-2-4-10-8(6)12-7/h2-4H,9H2,1H3,(H,10,11,12). The first-order valence-electron chi connectivity index (χ1n) is 3.87. The monoisotopic (exact) mass is 175 g/mol. The smallest absolute Gasteiger partial charge is 0.178 e. The molecule has 5 nitrogen and oxygen atoms in total. The summed E-state index contributed by atoms with van der Waals surface area (Å²) >= 11 is 0. The summed E-state index contributed by atoms with van der Waals surface area (Å²) in [7, 11) is 0. The number of fused-ring (bicyclic) bond motifs is 1. The molecule has 13 heavy (non-hydrogen) atoms. The van der Waals surface area contributed by atoms with Gasteiger partial charge in [0.15, 0.2) is 11.5 Å². The maximum atomic E-state index is 5.13. The van der Waals surface area contributed by atoms with E-state index in [1.54, 1.807) is 13.1 Å². The van der Waals surface area contributed by atoms with Gasteiger partial charge in [0.1, 0.15) is 0 Å². The number of rotatable bonds is 1. The van der Waals surface area contributed by atoms with Gasteiger partial charge in [0.05, 0.1) is 11.2 Å². The molecule has 0 unspecified atom stereocenters. The summed E-state index contributed by atoms with van der Waals surface area (Å²) < 4.78 is 0. The largest absolute Gasteiger partial charge is 0.336 e. The van der Waals surface area contributed by atoms with Crippen molar-refractivity contribution in [2.45, 2.75) is 6.92 Å². The van der Waals surface area contributed by atoms with Crippen molar-refractivity contribution in [1.29, 1.82) is 0 Å². The van der Waals surface area contributed by atoms with Crippen molar-refractivity contribution in [3.05, 3.63) is 24.2 Å². The average Bonchev–Trinajstić information content (AvgIpc) is 2.59. The number of aromatic nitrogens is 3. The zero-order valence-corrected chi connectivity index (χ0v) is 7.15. The Bertz CT molecular complexity index is 423. The van der Waals surface area contributed by atoms with Crippen molar-refractivity contribution < 1.29 is 0 Å². The fourth-order valence-electron chi connectivity index (χ4n) is 1.08. The molecule has 2 aromatic heterocycles. The Morgan fingerprint density at radius 3 is 3.15 bits per heavy atom. The van der Waals surface area contributed by atoms with E-state index in [2.05, 4.69) is 20.1 Å². The Labute approximate surface area is 74.7 Å². The first-order chi connectivity index (χ1) is 6.31. The highest BCUT2D eigenvalue weighted by Gasteiger charge is 2.04. The second kappa shape index (κ2) is 2.85. The Balaban J connectivity index is 2.62. The zero-order valence-electron chi connectivity index (χ0n) is 7.15. The summed E-state index contributed by atoms with van der Waals surface area (Å²) in [5, 5.41) is 3.55. The van der Waals surface area contributed by atoms with Gasteiger partial charge >= 0.3 is 0 Å². The van der Waals surface area contributed by atoms with E-state index in [-0.39, 0.29) is 0 Å². The van der Waals surface area contributed by atoms with Crippen LogP contribution in [-0.2, 0) is 0 Å². The van der Waals surface area contributed by atoms with E-state index in [4.69, 9.17) is 5.84 Å². The van der Waals surface area contributed by atoms with Crippen LogP contribution < -0.4 is 5.84 Å². The number of aromatic amines is 1. The molecule has 2 heterocycles. The van der Waals surface area contributed by atoms with Crippen LogP contribution in [0.5, 0.6) is 0 Å². The Hall–Kier alpha value is -1.91. The van der Waals surface area contributed by atoms with E-state index in [9.17, 15) is 0 Å².